The molecule has 0 aliphatic heterocycles. The zero-order valence-electron chi connectivity index (χ0n) is 11.7. The first kappa shape index (κ1) is 14.6. The fourth-order valence-corrected chi connectivity index (χ4v) is 2.86. The number of nitrogens with zero attached hydrogens (tertiary/aromatic N) is 2. The van der Waals surface area contributed by atoms with Gasteiger partial charge in [0, 0.05) is 30.9 Å². The molecule has 0 aliphatic rings. The SMILES string of the molecule is CCSCCC(C)NC(C)c1cn(C)nc1C. The molecular formula is C13H25N3S. The predicted octanol–water partition coefficient (Wildman–Crippen LogP) is 2.91. The van der Waals surface area contributed by atoms with Crippen molar-refractivity contribution in [2.75, 3.05) is 11.5 Å². The Hall–Kier alpha value is -0.480. The van der Waals surface area contributed by atoms with Crippen LogP contribution in [-0.4, -0.2) is 27.3 Å². The van der Waals surface area contributed by atoms with E-state index in [2.05, 4.69) is 44.3 Å². The van der Waals surface area contributed by atoms with Gasteiger partial charge in [0.2, 0.25) is 0 Å². The first-order chi connectivity index (χ1) is 8.04. The summed E-state index contributed by atoms with van der Waals surface area (Å²) in [6.07, 6.45) is 3.34. The number of hydrogen-bond acceptors (Lipinski definition) is 3. The zero-order chi connectivity index (χ0) is 12.8. The predicted molar refractivity (Wildman–Crippen MR) is 76.6 cm³/mol. The Morgan fingerprint density at radius 3 is 2.71 bits per heavy atom. The molecule has 2 atom stereocenters. The number of nitrogens with one attached hydrogen (secondary N) is 1. The Bertz CT molecular complexity index is 335. The molecule has 0 spiro atoms. The lowest BCUT2D eigenvalue weighted by atomic mass is 10.1. The summed E-state index contributed by atoms with van der Waals surface area (Å²) in [4.78, 5) is 0. The van der Waals surface area contributed by atoms with Crippen molar-refractivity contribution in [1.82, 2.24) is 15.1 Å². The van der Waals surface area contributed by atoms with Gasteiger partial charge in [-0.15, -0.1) is 0 Å². The van der Waals surface area contributed by atoms with Crippen LogP contribution in [0.2, 0.25) is 0 Å². The van der Waals surface area contributed by atoms with E-state index in [-0.39, 0.29) is 0 Å². The van der Waals surface area contributed by atoms with Crippen LogP contribution in [0.25, 0.3) is 0 Å². The largest absolute Gasteiger partial charge is 0.308 e. The molecular weight excluding hydrogens is 230 g/mol. The van der Waals surface area contributed by atoms with Crippen molar-refractivity contribution in [3.63, 3.8) is 0 Å². The number of aromatic nitrogens is 2. The highest BCUT2D eigenvalue weighted by atomic mass is 32.2. The van der Waals surface area contributed by atoms with Crippen LogP contribution < -0.4 is 5.32 Å². The molecule has 0 aromatic carbocycles. The van der Waals surface area contributed by atoms with Crippen molar-refractivity contribution < 1.29 is 0 Å². The van der Waals surface area contributed by atoms with Crippen LogP contribution in [0, 0.1) is 6.92 Å². The van der Waals surface area contributed by atoms with Crippen LogP contribution in [0.3, 0.4) is 0 Å². The topological polar surface area (TPSA) is 29.9 Å². The van der Waals surface area contributed by atoms with E-state index in [1.165, 1.54) is 23.5 Å². The molecule has 1 N–H and O–H groups in total. The average molecular weight is 255 g/mol. The highest BCUT2D eigenvalue weighted by molar-refractivity contribution is 7.99. The molecule has 0 fully saturated rings. The maximum atomic E-state index is 4.39. The molecule has 0 bridgehead atoms. The minimum atomic E-state index is 0.380. The number of aryl methyl sites for hydroxylation is 2. The molecule has 0 saturated carbocycles. The lowest BCUT2D eigenvalue weighted by molar-refractivity contribution is 0.470. The molecule has 17 heavy (non-hydrogen) atoms. The first-order valence-electron chi connectivity index (χ1n) is 6.38. The summed E-state index contributed by atoms with van der Waals surface area (Å²) in [7, 11) is 1.98. The maximum absolute atomic E-state index is 4.39. The molecule has 0 saturated heterocycles. The van der Waals surface area contributed by atoms with Gasteiger partial charge in [-0.2, -0.15) is 16.9 Å². The van der Waals surface area contributed by atoms with Gasteiger partial charge in [-0.3, -0.25) is 4.68 Å². The van der Waals surface area contributed by atoms with Crippen molar-refractivity contribution in [2.24, 2.45) is 7.05 Å². The third kappa shape index (κ3) is 4.72. The standard InChI is InChI=1S/C13H25N3S/c1-6-17-8-7-10(2)14-11(3)13-9-16(5)15-12(13)4/h9-11,14H,6-8H2,1-5H3. The van der Waals surface area contributed by atoms with E-state index in [1.54, 1.807) is 0 Å². The van der Waals surface area contributed by atoms with Crippen LogP contribution in [0.4, 0.5) is 0 Å². The molecule has 1 heterocycles. The minimum Gasteiger partial charge on any atom is -0.308 e. The van der Waals surface area contributed by atoms with Gasteiger partial charge in [0.05, 0.1) is 5.69 Å². The molecule has 98 valence electrons. The number of rotatable bonds is 7. The summed E-state index contributed by atoms with van der Waals surface area (Å²) in [6.45, 7) is 8.77. The summed E-state index contributed by atoms with van der Waals surface area (Å²) in [5, 5.41) is 8.03. The second kappa shape index (κ2) is 7.07. The smallest absolute Gasteiger partial charge is 0.0641 e. The molecule has 0 aliphatic carbocycles. The Morgan fingerprint density at radius 2 is 2.18 bits per heavy atom. The van der Waals surface area contributed by atoms with Crippen molar-refractivity contribution >= 4 is 11.8 Å². The lowest BCUT2D eigenvalue weighted by Crippen LogP contribution is -2.29. The van der Waals surface area contributed by atoms with E-state index in [1.807, 2.05) is 23.5 Å². The van der Waals surface area contributed by atoms with E-state index >= 15 is 0 Å². The highest BCUT2D eigenvalue weighted by Gasteiger charge is 2.13. The fourth-order valence-electron chi connectivity index (χ4n) is 2.05. The third-order valence-corrected chi connectivity index (χ3v) is 3.88. The monoisotopic (exact) mass is 255 g/mol. The molecule has 1 aromatic heterocycles. The van der Waals surface area contributed by atoms with Crippen LogP contribution in [0.5, 0.6) is 0 Å². The molecule has 4 heteroatoms. The van der Waals surface area contributed by atoms with Crippen molar-refractivity contribution in [1.29, 1.82) is 0 Å². The van der Waals surface area contributed by atoms with Gasteiger partial charge in [0.15, 0.2) is 0 Å². The molecule has 3 nitrogen and oxygen atoms in total. The summed E-state index contributed by atoms with van der Waals surface area (Å²) < 4.78 is 1.89. The van der Waals surface area contributed by atoms with Gasteiger partial charge in [-0.1, -0.05) is 6.92 Å². The van der Waals surface area contributed by atoms with Gasteiger partial charge >= 0.3 is 0 Å². The normalized spacial score (nSPS) is 14.9. The zero-order valence-corrected chi connectivity index (χ0v) is 12.5. The summed E-state index contributed by atoms with van der Waals surface area (Å²) in [5.74, 6) is 2.45. The number of thioether (sulfide) groups is 1. The highest BCUT2D eigenvalue weighted by Crippen LogP contribution is 2.17. The van der Waals surface area contributed by atoms with Gasteiger partial charge in [-0.05, 0) is 38.7 Å². The van der Waals surface area contributed by atoms with E-state index < -0.39 is 0 Å². The van der Waals surface area contributed by atoms with E-state index in [0.29, 0.717) is 12.1 Å². The van der Waals surface area contributed by atoms with E-state index in [4.69, 9.17) is 0 Å². The Kier molecular flexibility index (Phi) is 6.06. The molecule has 1 aromatic rings. The number of hydrogen-bond donors (Lipinski definition) is 1. The van der Waals surface area contributed by atoms with Crippen LogP contribution in [0.1, 0.15) is 44.5 Å². The van der Waals surface area contributed by atoms with Crippen LogP contribution >= 0.6 is 11.8 Å². The lowest BCUT2D eigenvalue weighted by Gasteiger charge is -2.19. The molecule has 0 amide bonds. The van der Waals surface area contributed by atoms with Gasteiger partial charge in [0.1, 0.15) is 0 Å². The fraction of sp³-hybridized carbons (Fsp3) is 0.769. The van der Waals surface area contributed by atoms with Crippen LogP contribution in [-0.2, 0) is 7.05 Å². The molecule has 0 radical (unpaired) electrons. The summed E-state index contributed by atoms with van der Waals surface area (Å²) in [5.41, 5.74) is 2.44. The van der Waals surface area contributed by atoms with Crippen molar-refractivity contribution in [3.8, 4) is 0 Å². The Balaban J connectivity index is 2.43. The maximum Gasteiger partial charge on any atom is 0.0641 e. The quantitative estimate of drug-likeness (QED) is 0.760. The van der Waals surface area contributed by atoms with Gasteiger partial charge in [-0.25, -0.2) is 0 Å². The Morgan fingerprint density at radius 1 is 1.47 bits per heavy atom. The van der Waals surface area contributed by atoms with E-state index in [9.17, 15) is 0 Å². The van der Waals surface area contributed by atoms with Gasteiger partial charge < -0.3 is 5.32 Å². The van der Waals surface area contributed by atoms with Crippen LogP contribution in [0.15, 0.2) is 6.20 Å². The molecule has 2 unspecified atom stereocenters. The summed E-state index contributed by atoms with van der Waals surface area (Å²) >= 11 is 2.01. The second-order valence-corrected chi connectivity index (χ2v) is 6.01. The minimum absolute atomic E-state index is 0.380. The van der Waals surface area contributed by atoms with E-state index in [0.717, 1.165) is 5.69 Å². The Labute approximate surface area is 109 Å². The average Bonchev–Trinajstić information content (AvgIpc) is 2.58. The van der Waals surface area contributed by atoms with Crippen molar-refractivity contribution in [2.45, 2.75) is 46.2 Å². The second-order valence-electron chi connectivity index (χ2n) is 4.62. The first-order valence-corrected chi connectivity index (χ1v) is 7.54. The molecule has 1 rings (SSSR count). The summed E-state index contributed by atoms with van der Waals surface area (Å²) in [6, 6.07) is 0.939. The van der Waals surface area contributed by atoms with Gasteiger partial charge in [0.25, 0.3) is 0 Å². The van der Waals surface area contributed by atoms with Crippen molar-refractivity contribution in [3.05, 3.63) is 17.5 Å². The third-order valence-electron chi connectivity index (χ3n) is 2.95.